The van der Waals surface area contributed by atoms with Crippen molar-refractivity contribution in [3.8, 4) is 0 Å². The van der Waals surface area contributed by atoms with Crippen LogP contribution in [0.1, 0.15) is 51.7 Å². The number of hydrogen-bond donors (Lipinski definition) is 1. The topological polar surface area (TPSA) is 64.3 Å². The molecule has 0 fully saturated rings. The molecule has 0 atom stereocenters. The molecule has 0 spiro atoms. The number of imidazole rings is 3. The molecule has 0 aromatic carbocycles. The van der Waals surface area contributed by atoms with Crippen LogP contribution in [0, 0.1) is 0 Å². The van der Waals surface area contributed by atoms with Crippen LogP contribution in [0.5, 0.6) is 0 Å². The number of hydrogen-bond acceptors (Lipinski definition) is 3. The molecule has 0 saturated heterocycles. The quantitative estimate of drug-likeness (QED) is 0.763. The Hall–Kier alpha value is -2.37. The Morgan fingerprint density at radius 2 is 1.68 bits per heavy atom. The zero-order chi connectivity index (χ0) is 18.5. The van der Waals surface area contributed by atoms with Crippen molar-refractivity contribution in [1.29, 1.82) is 0 Å². The monoisotopic (exact) mass is 344 g/mol. The summed E-state index contributed by atoms with van der Waals surface area (Å²) in [6.45, 7) is 12.6. The van der Waals surface area contributed by atoms with E-state index in [9.17, 15) is 0 Å². The predicted octanol–water partition coefficient (Wildman–Crippen LogP) is 3.90. The second-order valence-corrected chi connectivity index (χ2v) is 5.50. The normalized spacial score (nSPS) is 9.80. The highest BCUT2D eigenvalue weighted by atomic mass is 15.0. The smallest absolute Gasteiger partial charge is 0.0949 e. The number of aromatic nitrogens is 6. The first kappa shape index (κ1) is 20.7. The highest BCUT2D eigenvalue weighted by Gasteiger charge is 1.93. The van der Waals surface area contributed by atoms with Gasteiger partial charge in [0.25, 0.3) is 0 Å². The van der Waals surface area contributed by atoms with Crippen LogP contribution in [0.3, 0.4) is 0 Å². The van der Waals surface area contributed by atoms with Crippen molar-refractivity contribution in [1.82, 2.24) is 29.1 Å². The number of H-pyrrole nitrogens is 1. The summed E-state index contributed by atoms with van der Waals surface area (Å²) in [6, 6.07) is 0. The number of aromatic amines is 1. The third kappa shape index (κ3) is 7.37. The summed E-state index contributed by atoms with van der Waals surface area (Å²) in [4.78, 5) is 15.0. The van der Waals surface area contributed by atoms with Crippen LogP contribution in [0.25, 0.3) is 0 Å². The van der Waals surface area contributed by atoms with E-state index in [2.05, 4.69) is 69.9 Å². The predicted molar refractivity (Wildman–Crippen MR) is 103 cm³/mol. The second-order valence-electron chi connectivity index (χ2n) is 5.50. The van der Waals surface area contributed by atoms with Gasteiger partial charge in [-0.05, 0) is 33.1 Å². The minimum absolute atomic E-state index is 1.02. The number of rotatable bonds is 5. The molecule has 6 heteroatoms. The van der Waals surface area contributed by atoms with Crippen LogP contribution in [0.4, 0.5) is 0 Å². The summed E-state index contributed by atoms with van der Waals surface area (Å²) in [6.07, 6.45) is 14.4. The van der Waals surface area contributed by atoms with Gasteiger partial charge >= 0.3 is 0 Å². The van der Waals surface area contributed by atoms with Crippen LogP contribution in [0.15, 0.2) is 37.6 Å². The lowest BCUT2D eigenvalue weighted by atomic mass is 10.4. The largest absolute Gasteiger partial charge is 0.349 e. The van der Waals surface area contributed by atoms with Gasteiger partial charge in [-0.15, -0.1) is 0 Å². The summed E-state index contributed by atoms with van der Waals surface area (Å²) in [5, 5.41) is 0. The first-order chi connectivity index (χ1) is 12.2. The van der Waals surface area contributed by atoms with E-state index in [-0.39, 0.29) is 0 Å². The van der Waals surface area contributed by atoms with Gasteiger partial charge in [0.05, 0.1) is 24.7 Å². The minimum atomic E-state index is 1.02. The average molecular weight is 345 g/mol. The van der Waals surface area contributed by atoms with Crippen molar-refractivity contribution in [3.63, 3.8) is 0 Å². The fraction of sp³-hybridized carbons (Fsp3) is 0.526. The van der Waals surface area contributed by atoms with Gasteiger partial charge in [0.1, 0.15) is 0 Å². The van der Waals surface area contributed by atoms with Crippen LogP contribution in [-0.2, 0) is 32.4 Å². The molecule has 138 valence electrons. The molecular formula is C19H32N6. The van der Waals surface area contributed by atoms with Crippen molar-refractivity contribution < 1.29 is 0 Å². The van der Waals surface area contributed by atoms with E-state index >= 15 is 0 Å². The highest BCUT2D eigenvalue weighted by Crippen LogP contribution is 1.98. The van der Waals surface area contributed by atoms with Crippen molar-refractivity contribution in [2.75, 3.05) is 0 Å². The van der Waals surface area contributed by atoms with E-state index in [0.29, 0.717) is 0 Å². The fourth-order valence-corrected chi connectivity index (χ4v) is 2.17. The molecule has 0 aliphatic heterocycles. The van der Waals surface area contributed by atoms with Crippen molar-refractivity contribution in [2.45, 2.75) is 67.0 Å². The second kappa shape index (κ2) is 12.1. The minimum Gasteiger partial charge on any atom is -0.349 e. The van der Waals surface area contributed by atoms with Gasteiger partial charge in [-0.25, -0.2) is 15.0 Å². The van der Waals surface area contributed by atoms with E-state index in [4.69, 9.17) is 0 Å². The van der Waals surface area contributed by atoms with Gasteiger partial charge in [-0.2, -0.15) is 0 Å². The molecule has 0 radical (unpaired) electrons. The Labute approximate surface area is 151 Å². The molecule has 0 bridgehead atoms. The summed E-state index contributed by atoms with van der Waals surface area (Å²) < 4.78 is 4.23. The van der Waals surface area contributed by atoms with E-state index in [1.165, 1.54) is 17.1 Å². The Balaban J connectivity index is 0.000000189. The SMILES string of the molecule is CCc1cn(CC)cn1.CCc1cnc[nH]1.CCc1cncn1CC. The molecule has 1 N–H and O–H groups in total. The molecule has 0 amide bonds. The molecule has 6 nitrogen and oxygen atoms in total. The maximum Gasteiger partial charge on any atom is 0.0949 e. The highest BCUT2D eigenvalue weighted by molar-refractivity contribution is 4.97. The molecule has 0 unspecified atom stereocenters. The zero-order valence-corrected chi connectivity index (χ0v) is 16.2. The van der Waals surface area contributed by atoms with Crippen molar-refractivity contribution in [3.05, 3.63) is 54.7 Å². The van der Waals surface area contributed by atoms with E-state index in [0.717, 1.165) is 32.4 Å². The molecule has 0 aliphatic rings. The Morgan fingerprint density at radius 3 is 2.04 bits per heavy atom. The maximum absolute atomic E-state index is 4.17. The number of aryl methyl sites for hydroxylation is 5. The summed E-state index contributed by atoms with van der Waals surface area (Å²) in [5.41, 5.74) is 3.69. The molecule has 3 aromatic heterocycles. The van der Waals surface area contributed by atoms with Crippen LogP contribution >= 0.6 is 0 Å². The van der Waals surface area contributed by atoms with Crippen molar-refractivity contribution in [2.24, 2.45) is 0 Å². The lowest BCUT2D eigenvalue weighted by Gasteiger charge is -1.99. The standard InChI is InChI=1S/2C7H12N2.C5H8N2/c1-3-7-5-9(4-2)6-8-7;1-3-7-5-8-6-9(7)4-2;1-2-5-3-6-4-7-5/h2*5-6H,3-4H2,1-2H3;3-4H,2H2,1H3,(H,6,7). The van der Waals surface area contributed by atoms with Crippen molar-refractivity contribution >= 4 is 0 Å². The van der Waals surface area contributed by atoms with E-state index in [1.54, 1.807) is 6.33 Å². The molecule has 25 heavy (non-hydrogen) atoms. The molecule has 3 aromatic rings. The zero-order valence-electron chi connectivity index (χ0n) is 16.2. The number of nitrogens with one attached hydrogen (secondary N) is 1. The van der Waals surface area contributed by atoms with Gasteiger partial charge in [0.2, 0.25) is 0 Å². The van der Waals surface area contributed by atoms with Gasteiger partial charge in [0.15, 0.2) is 0 Å². The molecular weight excluding hydrogens is 312 g/mol. The Bertz CT molecular complexity index is 629. The average Bonchev–Trinajstić information content (AvgIpc) is 3.43. The first-order valence-electron chi connectivity index (χ1n) is 9.15. The summed E-state index contributed by atoms with van der Waals surface area (Å²) >= 11 is 0. The van der Waals surface area contributed by atoms with Gasteiger partial charge < -0.3 is 14.1 Å². The lowest BCUT2D eigenvalue weighted by Crippen LogP contribution is -1.96. The third-order valence-electron chi connectivity index (χ3n) is 3.85. The molecule has 0 saturated carbocycles. The van der Waals surface area contributed by atoms with Crippen LogP contribution in [0.2, 0.25) is 0 Å². The lowest BCUT2D eigenvalue weighted by molar-refractivity contribution is 0.717. The van der Waals surface area contributed by atoms with Gasteiger partial charge in [-0.1, -0.05) is 20.8 Å². The number of nitrogens with zero attached hydrogens (tertiary/aromatic N) is 5. The van der Waals surface area contributed by atoms with Crippen LogP contribution < -0.4 is 0 Å². The fourth-order valence-electron chi connectivity index (χ4n) is 2.17. The van der Waals surface area contributed by atoms with Gasteiger partial charge in [-0.3, -0.25) is 0 Å². The van der Waals surface area contributed by atoms with E-state index < -0.39 is 0 Å². The Morgan fingerprint density at radius 1 is 0.880 bits per heavy atom. The van der Waals surface area contributed by atoms with Crippen LogP contribution in [-0.4, -0.2) is 29.1 Å². The Kier molecular flexibility index (Phi) is 9.97. The molecule has 3 heterocycles. The first-order valence-corrected chi connectivity index (χ1v) is 9.15. The van der Waals surface area contributed by atoms with E-state index in [1.807, 2.05) is 25.0 Å². The van der Waals surface area contributed by atoms with Gasteiger partial charge in [0, 0.05) is 43.1 Å². The maximum atomic E-state index is 4.17. The molecule has 0 aliphatic carbocycles. The molecule has 3 rings (SSSR count). The third-order valence-corrected chi connectivity index (χ3v) is 3.85. The summed E-state index contributed by atoms with van der Waals surface area (Å²) in [7, 11) is 0. The summed E-state index contributed by atoms with van der Waals surface area (Å²) in [5.74, 6) is 0.